The second kappa shape index (κ2) is 11.4. The van der Waals surface area contributed by atoms with Crippen LogP contribution in [0.3, 0.4) is 0 Å². The van der Waals surface area contributed by atoms with E-state index in [2.05, 4.69) is 10.3 Å². The molecular weight excluding hydrogens is 537 g/mol. The average molecular weight is 559 g/mol. The van der Waals surface area contributed by atoms with Crippen LogP contribution < -0.4 is 16.6 Å². The van der Waals surface area contributed by atoms with Crippen LogP contribution in [0.2, 0.25) is 0 Å². The van der Waals surface area contributed by atoms with E-state index in [1.165, 1.54) is 6.92 Å². The summed E-state index contributed by atoms with van der Waals surface area (Å²) in [5.41, 5.74) is -1.56. The number of ether oxygens (including phenoxy) is 4. The maximum Gasteiger partial charge on any atom is 0.330 e. The van der Waals surface area contributed by atoms with Gasteiger partial charge in [-0.25, -0.2) is 4.79 Å². The maximum absolute atomic E-state index is 12.6. The molecule has 0 radical (unpaired) electrons. The third kappa shape index (κ3) is 7.43. The summed E-state index contributed by atoms with van der Waals surface area (Å²) in [6, 6.07) is -1.50. The molecule has 1 aliphatic heterocycles. The first-order chi connectivity index (χ1) is 16.1. The molecule has 0 spiro atoms. The molecule has 2 N–H and O–H groups in total. The Balaban J connectivity index is 2.71. The lowest BCUT2D eigenvalue weighted by molar-refractivity contribution is -0.238. The van der Waals surface area contributed by atoms with Crippen molar-refractivity contribution in [2.45, 2.75) is 62.1 Å². The van der Waals surface area contributed by atoms with Gasteiger partial charge in [0.1, 0.15) is 18.8 Å². The predicted octanol–water partition coefficient (Wildman–Crippen LogP) is 0.0239. The minimum Gasteiger partial charge on any atom is -0.463 e. The minimum atomic E-state index is -2.48. The number of carbonyl (C=O) groups excluding carboxylic acids is 4. The third-order valence-corrected chi connectivity index (χ3v) is 5.21. The van der Waals surface area contributed by atoms with Crippen LogP contribution in [-0.4, -0.2) is 68.1 Å². The number of amides is 1. The number of aryl methyl sites for hydroxylation is 1. The van der Waals surface area contributed by atoms with Crippen molar-refractivity contribution in [2.24, 2.45) is 0 Å². The summed E-state index contributed by atoms with van der Waals surface area (Å²) in [5.74, 6) is -3.59. The molecule has 0 unspecified atom stereocenters. The van der Waals surface area contributed by atoms with E-state index in [9.17, 15) is 28.8 Å². The number of carbonyl (C=O) groups is 4. The van der Waals surface area contributed by atoms with E-state index in [-0.39, 0.29) is 5.56 Å². The number of nitrogens with zero attached hydrogens (tertiary/aromatic N) is 1. The average Bonchev–Trinajstić information content (AvgIpc) is 2.71. The fraction of sp³-hybridized carbons (Fsp3) is 0.579. The van der Waals surface area contributed by atoms with E-state index in [1.807, 2.05) is 0 Å². The number of nitrogens with one attached hydrogen (secondary N) is 2. The van der Waals surface area contributed by atoms with Crippen LogP contribution in [0.1, 0.15) is 32.6 Å². The van der Waals surface area contributed by atoms with Gasteiger partial charge in [0.2, 0.25) is 0 Å². The molecule has 16 heteroatoms. The molecule has 1 aromatic heterocycles. The van der Waals surface area contributed by atoms with Gasteiger partial charge in [0, 0.05) is 32.5 Å². The van der Waals surface area contributed by atoms with Gasteiger partial charge in [-0.2, -0.15) is 0 Å². The lowest BCUT2D eigenvalue weighted by Gasteiger charge is -2.45. The van der Waals surface area contributed by atoms with Crippen molar-refractivity contribution >= 4 is 58.6 Å². The van der Waals surface area contributed by atoms with Gasteiger partial charge >= 0.3 is 23.6 Å². The maximum atomic E-state index is 12.6. The highest BCUT2D eigenvalue weighted by Gasteiger charge is 2.53. The van der Waals surface area contributed by atoms with Crippen LogP contribution in [0.5, 0.6) is 0 Å². The highest BCUT2D eigenvalue weighted by atomic mass is 35.6. The molecule has 0 aliphatic carbocycles. The molecular formula is C19H22Cl3N3O10. The molecule has 1 saturated heterocycles. The van der Waals surface area contributed by atoms with Crippen molar-refractivity contribution in [2.75, 3.05) is 6.61 Å². The lowest BCUT2D eigenvalue weighted by atomic mass is 9.94. The fourth-order valence-electron chi connectivity index (χ4n) is 3.32. The zero-order valence-corrected chi connectivity index (χ0v) is 21.1. The molecule has 1 amide bonds. The number of alkyl halides is 3. The molecule has 13 nitrogen and oxygen atoms in total. The molecule has 35 heavy (non-hydrogen) atoms. The minimum absolute atomic E-state index is 0.0855. The smallest absolute Gasteiger partial charge is 0.330 e. The molecule has 0 saturated carbocycles. The number of rotatable bonds is 6. The number of aromatic nitrogens is 2. The van der Waals surface area contributed by atoms with Crippen LogP contribution >= 0.6 is 34.8 Å². The molecule has 0 aromatic carbocycles. The first-order valence-electron chi connectivity index (χ1n) is 9.94. The Hall–Kier alpha value is -2.61. The van der Waals surface area contributed by atoms with Gasteiger partial charge < -0.3 is 24.3 Å². The standard InChI is InChI=1S/C19H22Cl3N3O10/c1-7-5-25(18(31)24-15(7)29)16-12(23-17(30)19(20,21)22)14(34-10(4)28)13(33-9(3)27)11(35-16)6-32-8(2)26/h5,11-14,16H,6H2,1-4H3,(H,23,30)(H,24,29,31)/t11-,12-,13+,14-,16-/m0/s1. The summed E-state index contributed by atoms with van der Waals surface area (Å²) in [6.07, 6.45) is -4.65. The number of aromatic amines is 1. The number of hydrogen-bond donors (Lipinski definition) is 2. The van der Waals surface area contributed by atoms with Crippen molar-refractivity contribution in [3.63, 3.8) is 0 Å². The zero-order valence-electron chi connectivity index (χ0n) is 18.8. The first-order valence-corrected chi connectivity index (χ1v) is 11.1. The number of halogens is 3. The quantitative estimate of drug-likeness (QED) is 0.275. The van der Waals surface area contributed by atoms with E-state index in [0.717, 1.165) is 31.5 Å². The van der Waals surface area contributed by atoms with Gasteiger partial charge in [-0.1, -0.05) is 34.8 Å². The van der Waals surface area contributed by atoms with E-state index in [4.69, 9.17) is 53.8 Å². The highest BCUT2D eigenvalue weighted by Crippen LogP contribution is 2.34. The van der Waals surface area contributed by atoms with Crippen molar-refractivity contribution in [1.29, 1.82) is 0 Å². The van der Waals surface area contributed by atoms with Crippen LogP contribution in [0.4, 0.5) is 0 Å². The molecule has 1 aromatic rings. The van der Waals surface area contributed by atoms with E-state index < -0.39 is 76.0 Å². The Morgan fingerprint density at radius 1 is 1.06 bits per heavy atom. The van der Waals surface area contributed by atoms with Gasteiger partial charge in [-0.3, -0.25) is 33.5 Å². The first kappa shape index (κ1) is 28.6. The van der Waals surface area contributed by atoms with Crippen molar-refractivity contribution in [3.05, 3.63) is 32.6 Å². The van der Waals surface area contributed by atoms with E-state index >= 15 is 0 Å². The normalized spacial score (nSPS) is 24.3. The Kier molecular flexibility index (Phi) is 9.34. The van der Waals surface area contributed by atoms with Crippen LogP contribution in [0.15, 0.2) is 15.8 Å². The van der Waals surface area contributed by atoms with Gasteiger partial charge in [0.25, 0.3) is 15.3 Å². The van der Waals surface area contributed by atoms with Crippen molar-refractivity contribution in [1.82, 2.24) is 14.9 Å². The SMILES string of the molecule is CC(=O)OC[C@@H]1O[C@H](n2cc(C)c(=O)[nH]c2=O)[C@@H](NC(=O)C(Cl)(Cl)Cl)[C@H](OC(C)=O)[C@@H]1OC(C)=O. The Bertz CT molecular complexity index is 1110. The molecule has 0 bridgehead atoms. The van der Waals surface area contributed by atoms with Crippen molar-refractivity contribution in [3.8, 4) is 0 Å². The Morgan fingerprint density at radius 2 is 1.63 bits per heavy atom. The van der Waals surface area contributed by atoms with Gasteiger partial charge in [0.05, 0.1) is 0 Å². The monoisotopic (exact) mass is 557 g/mol. The van der Waals surface area contributed by atoms with E-state index in [1.54, 1.807) is 0 Å². The van der Waals surface area contributed by atoms with Crippen LogP contribution in [-0.2, 0) is 38.1 Å². The van der Waals surface area contributed by atoms with Crippen LogP contribution in [0, 0.1) is 6.92 Å². The van der Waals surface area contributed by atoms with E-state index in [0.29, 0.717) is 0 Å². The summed E-state index contributed by atoms with van der Waals surface area (Å²) in [6.45, 7) is 4.12. The van der Waals surface area contributed by atoms with Gasteiger partial charge in [-0.05, 0) is 6.92 Å². The Morgan fingerprint density at radius 3 is 2.14 bits per heavy atom. The molecule has 1 aliphatic rings. The topological polar surface area (TPSA) is 172 Å². The molecule has 2 rings (SSSR count). The third-order valence-electron chi connectivity index (χ3n) is 4.70. The highest BCUT2D eigenvalue weighted by molar-refractivity contribution is 6.76. The van der Waals surface area contributed by atoms with Crippen molar-refractivity contribution < 1.29 is 38.1 Å². The summed E-state index contributed by atoms with van der Waals surface area (Å²) >= 11 is 17.0. The van der Waals surface area contributed by atoms with Gasteiger partial charge in [-0.15, -0.1) is 0 Å². The summed E-state index contributed by atoms with van der Waals surface area (Å²) in [7, 11) is 0. The summed E-state index contributed by atoms with van der Waals surface area (Å²) in [5, 5.41) is 2.33. The largest absolute Gasteiger partial charge is 0.463 e. The fourth-order valence-corrected chi connectivity index (χ4v) is 3.48. The zero-order chi connectivity index (χ0) is 26.7. The second-order valence-electron chi connectivity index (χ2n) is 7.49. The molecule has 194 valence electrons. The van der Waals surface area contributed by atoms with Gasteiger partial charge in [0.15, 0.2) is 18.4 Å². The lowest BCUT2D eigenvalue weighted by Crippen LogP contribution is -2.66. The summed E-state index contributed by atoms with van der Waals surface area (Å²) in [4.78, 5) is 74.3. The Labute approximate surface area is 212 Å². The number of esters is 3. The van der Waals surface area contributed by atoms with Crippen LogP contribution in [0.25, 0.3) is 0 Å². The molecule has 2 heterocycles. The molecule has 5 atom stereocenters. The number of H-pyrrole nitrogens is 1. The molecule has 1 fully saturated rings. The second-order valence-corrected chi connectivity index (χ2v) is 9.77. The number of hydrogen-bond acceptors (Lipinski definition) is 10. The summed E-state index contributed by atoms with van der Waals surface area (Å²) < 4.78 is 19.9. The predicted molar refractivity (Wildman–Crippen MR) is 120 cm³/mol.